The Morgan fingerprint density at radius 2 is 1.88 bits per heavy atom. The minimum absolute atomic E-state index is 0. The molecule has 1 fully saturated rings. The number of nitrogens with zero attached hydrogens (tertiary/aromatic N) is 2. The first-order valence-corrected chi connectivity index (χ1v) is 7.99. The number of para-hydroxylation sites is 2. The van der Waals surface area contributed by atoms with Crippen molar-refractivity contribution in [3.05, 3.63) is 54.1 Å². The zero-order valence-corrected chi connectivity index (χ0v) is 14.2. The van der Waals surface area contributed by atoms with Gasteiger partial charge in [-0.05, 0) is 37.2 Å². The van der Waals surface area contributed by atoms with Crippen LogP contribution >= 0.6 is 12.4 Å². The van der Waals surface area contributed by atoms with E-state index in [2.05, 4.69) is 10.4 Å². The molecular formula is C18H18ClF2N3O. The molecule has 1 atom stereocenters. The maximum Gasteiger partial charge on any atom is 0.241 e. The van der Waals surface area contributed by atoms with Gasteiger partial charge in [0.25, 0.3) is 0 Å². The molecule has 7 heteroatoms. The molecule has 1 aromatic heterocycles. The van der Waals surface area contributed by atoms with E-state index in [0.717, 1.165) is 24.9 Å². The van der Waals surface area contributed by atoms with Gasteiger partial charge in [-0.15, -0.1) is 17.5 Å². The maximum atomic E-state index is 14.2. The van der Waals surface area contributed by atoms with Crippen molar-refractivity contribution in [2.24, 2.45) is 5.92 Å². The number of halogens is 3. The zero-order valence-electron chi connectivity index (χ0n) is 13.4. The Morgan fingerprint density at radius 1 is 1.12 bits per heavy atom. The van der Waals surface area contributed by atoms with Crippen LogP contribution in [0.4, 0.5) is 8.78 Å². The van der Waals surface area contributed by atoms with E-state index in [1.807, 2.05) is 18.2 Å². The van der Waals surface area contributed by atoms with Gasteiger partial charge in [0.15, 0.2) is 11.6 Å². The summed E-state index contributed by atoms with van der Waals surface area (Å²) in [6.07, 6.45) is 1.06. The summed E-state index contributed by atoms with van der Waals surface area (Å²) in [6.45, 7) is 2.44. The molecule has 0 bridgehead atoms. The lowest BCUT2D eigenvalue weighted by molar-refractivity contribution is 0.252. The predicted molar refractivity (Wildman–Crippen MR) is 94.7 cm³/mol. The Bertz CT molecular complexity index is 858. The topological polar surface area (TPSA) is 39.1 Å². The third-order valence-corrected chi connectivity index (χ3v) is 4.32. The van der Waals surface area contributed by atoms with Crippen LogP contribution in [0.3, 0.4) is 0 Å². The minimum atomic E-state index is -0.658. The Balaban J connectivity index is 0.00000182. The van der Waals surface area contributed by atoms with E-state index in [0.29, 0.717) is 23.9 Å². The van der Waals surface area contributed by atoms with E-state index in [1.54, 1.807) is 6.07 Å². The molecule has 2 aromatic carbocycles. The van der Waals surface area contributed by atoms with Gasteiger partial charge in [0.2, 0.25) is 5.88 Å². The van der Waals surface area contributed by atoms with Crippen LogP contribution in [0.1, 0.15) is 6.42 Å². The molecule has 0 spiro atoms. The summed E-state index contributed by atoms with van der Waals surface area (Å²) in [6, 6.07) is 11.1. The van der Waals surface area contributed by atoms with E-state index in [4.69, 9.17) is 4.74 Å². The van der Waals surface area contributed by atoms with Crippen molar-refractivity contribution < 1.29 is 13.5 Å². The van der Waals surface area contributed by atoms with E-state index in [1.165, 1.54) is 22.9 Å². The molecule has 25 heavy (non-hydrogen) atoms. The summed E-state index contributed by atoms with van der Waals surface area (Å²) in [4.78, 5) is 0. The number of nitrogens with one attached hydrogen (secondary N) is 1. The Labute approximate surface area is 150 Å². The van der Waals surface area contributed by atoms with Gasteiger partial charge in [-0.3, -0.25) is 0 Å². The predicted octanol–water partition coefficient (Wildman–Crippen LogP) is 3.71. The van der Waals surface area contributed by atoms with Crippen molar-refractivity contribution in [2.75, 3.05) is 19.7 Å². The highest BCUT2D eigenvalue weighted by Crippen LogP contribution is 2.29. The second-order valence-electron chi connectivity index (χ2n) is 5.97. The second-order valence-corrected chi connectivity index (χ2v) is 5.97. The van der Waals surface area contributed by atoms with Crippen LogP contribution in [0.2, 0.25) is 0 Å². The van der Waals surface area contributed by atoms with Crippen molar-refractivity contribution in [3.63, 3.8) is 0 Å². The lowest BCUT2D eigenvalue weighted by Gasteiger charge is -2.08. The SMILES string of the molecule is Cl.Fc1cccc(F)c1-n1nc(OC[C@H]2CCNC2)c2ccccc21. The number of rotatable bonds is 4. The normalized spacial score (nSPS) is 16.8. The first kappa shape index (κ1) is 17.6. The molecule has 0 aliphatic carbocycles. The third-order valence-electron chi connectivity index (χ3n) is 4.32. The standard InChI is InChI=1S/C18H17F2N3O.ClH/c19-14-5-3-6-15(20)17(14)23-16-7-2-1-4-13(16)18(22-23)24-11-12-8-9-21-10-12;/h1-7,12,21H,8-11H2;1H/t12-;/m0./s1. The molecule has 1 aliphatic heterocycles. The Morgan fingerprint density at radius 3 is 2.60 bits per heavy atom. The van der Waals surface area contributed by atoms with Gasteiger partial charge in [-0.25, -0.2) is 13.5 Å². The third kappa shape index (κ3) is 3.32. The molecule has 3 aromatic rings. The largest absolute Gasteiger partial charge is 0.476 e. The van der Waals surface area contributed by atoms with Crippen LogP contribution in [-0.2, 0) is 0 Å². The van der Waals surface area contributed by atoms with E-state index in [9.17, 15) is 8.78 Å². The monoisotopic (exact) mass is 365 g/mol. The average molecular weight is 366 g/mol. The lowest BCUT2D eigenvalue weighted by Crippen LogP contribution is -2.15. The molecule has 2 heterocycles. The van der Waals surface area contributed by atoms with Crippen LogP contribution in [0.25, 0.3) is 16.6 Å². The van der Waals surface area contributed by atoms with Crippen molar-refractivity contribution in [1.29, 1.82) is 0 Å². The molecule has 4 rings (SSSR count). The number of benzene rings is 2. The number of fused-ring (bicyclic) bond motifs is 1. The molecular weight excluding hydrogens is 348 g/mol. The first-order valence-electron chi connectivity index (χ1n) is 7.99. The summed E-state index contributed by atoms with van der Waals surface area (Å²) in [7, 11) is 0. The van der Waals surface area contributed by atoms with Crippen molar-refractivity contribution in [3.8, 4) is 11.6 Å². The highest BCUT2D eigenvalue weighted by molar-refractivity contribution is 5.86. The van der Waals surface area contributed by atoms with Gasteiger partial charge < -0.3 is 10.1 Å². The first-order chi connectivity index (χ1) is 11.7. The van der Waals surface area contributed by atoms with Gasteiger partial charge in [0, 0.05) is 12.5 Å². The van der Waals surface area contributed by atoms with E-state index >= 15 is 0 Å². The molecule has 4 nitrogen and oxygen atoms in total. The molecule has 0 unspecified atom stereocenters. The molecule has 0 saturated carbocycles. The average Bonchev–Trinajstić information content (AvgIpc) is 3.21. The summed E-state index contributed by atoms with van der Waals surface area (Å²) in [5.41, 5.74) is 0.423. The maximum absolute atomic E-state index is 14.2. The molecule has 1 aliphatic rings. The molecule has 0 amide bonds. The fourth-order valence-corrected chi connectivity index (χ4v) is 3.06. The quantitative estimate of drug-likeness (QED) is 0.766. The minimum Gasteiger partial charge on any atom is -0.476 e. The highest BCUT2D eigenvalue weighted by Gasteiger charge is 2.20. The summed E-state index contributed by atoms with van der Waals surface area (Å²) < 4.78 is 35.5. The highest BCUT2D eigenvalue weighted by atomic mass is 35.5. The van der Waals surface area contributed by atoms with Crippen molar-refractivity contribution in [1.82, 2.24) is 15.1 Å². The Hall–Kier alpha value is -2.18. The number of ether oxygens (including phenoxy) is 1. The number of aromatic nitrogens is 2. The van der Waals surface area contributed by atoms with Gasteiger partial charge >= 0.3 is 0 Å². The van der Waals surface area contributed by atoms with Crippen LogP contribution < -0.4 is 10.1 Å². The lowest BCUT2D eigenvalue weighted by atomic mass is 10.1. The van der Waals surface area contributed by atoms with Gasteiger partial charge in [0.1, 0.15) is 5.69 Å². The van der Waals surface area contributed by atoms with E-state index < -0.39 is 11.6 Å². The number of hydrogen-bond acceptors (Lipinski definition) is 3. The smallest absolute Gasteiger partial charge is 0.241 e. The van der Waals surface area contributed by atoms with Gasteiger partial charge in [-0.2, -0.15) is 0 Å². The fraction of sp³-hybridized carbons (Fsp3) is 0.278. The summed E-state index contributed by atoms with van der Waals surface area (Å²) in [5, 5.41) is 8.36. The van der Waals surface area contributed by atoms with E-state index in [-0.39, 0.29) is 18.1 Å². The van der Waals surface area contributed by atoms with Crippen molar-refractivity contribution in [2.45, 2.75) is 6.42 Å². The Kier molecular flexibility index (Phi) is 5.20. The van der Waals surface area contributed by atoms with Crippen LogP contribution in [0, 0.1) is 17.6 Å². The fourth-order valence-electron chi connectivity index (χ4n) is 3.06. The summed E-state index contributed by atoms with van der Waals surface area (Å²) >= 11 is 0. The zero-order chi connectivity index (χ0) is 16.5. The van der Waals surface area contributed by atoms with Gasteiger partial charge in [0.05, 0.1) is 17.5 Å². The second kappa shape index (κ2) is 7.37. The van der Waals surface area contributed by atoms with Crippen LogP contribution in [-0.4, -0.2) is 29.5 Å². The van der Waals surface area contributed by atoms with Gasteiger partial charge in [-0.1, -0.05) is 18.2 Å². The molecule has 132 valence electrons. The molecule has 1 saturated heterocycles. The molecule has 0 radical (unpaired) electrons. The number of hydrogen-bond donors (Lipinski definition) is 1. The van der Waals surface area contributed by atoms with Crippen LogP contribution in [0.5, 0.6) is 5.88 Å². The van der Waals surface area contributed by atoms with Crippen LogP contribution in [0.15, 0.2) is 42.5 Å². The summed E-state index contributed by atoms with van der Waals surface area (Å²) in [5.74, 6) is -0.483. The van der Waals surface area contributed by atoms with Crippen molar-refractivity contribution >= 4 is 23.3 Å². The molecule has 1 N–H and O–H groups in total.